The molecule has 0 spiro atoms. The van der Waals surface area contributed by atoms with Crippen molar-refractivity contribution in [2.75, 3.05) is 44.3 Å². The zero-order chi connectivity index (χ0) is 13.9. The van der Waals surface area contributed by atoms with Crippen molar-refractivity contribution in [2.45, 2.75) is 19.1 Å². The Bertz CT molecular complexity index is 463. The lowest BCUT2D eigenvalue weighted by Gasteiger charge is -2.32. The largest absolute Gasteiger partial charge is 0.392 e. The number of benzene rings is 1. The van der Waals surface area contributed by atoms with E-state index < -0.39 is 0 Å². The first-order valence-electron chi connectivity index (χ1n) is 7.24. The lowest BCUT2D eigenvalue weighted by molar-refractivity contribution is 0.0209. The second kappa shape index (κ2) is 6.31. The SMILES string of the molecule is OCc1cccc(Cl)c1N1CCC(N2CCOCC2)C1. The fraction of sp³-hybridized carbons (Fsp3) is 0.600. The van der Waals surface area contributed by atoms with Crippen LogP contribution in [-0.4, -0.2) is 55.4 Å². The number of morpholine rings is 1. The Balaban J connectivity index is 1.73. The van der Waals surface area contributed by atoms with E-state index in [9.17, 15) is 5.11 Å². The van der Waals surface area contributed by atoms with Crippen molar-refractivity contribution < 1.29 is 9.84 Å². The highest BCUT2D eigenvalue weighted by molar-refractivity contribution is 6.33. The second-order valence-corrected chi connectivity index (χ2v) is 5.85. The molecule has 1 atom stereocenters. The molecule has 0 radical (unpaired) electrons. The molecule has 1 unspecified atom stereocenters. The number of halogens is 1. The van der Waals surface area contributed by atoms with Crippen LogP contribution in [0.3, 0.4) is 0 Å². The minimum Gasteiger partial charge on any atom is -0.392 e. The van der Waals surface area contributed by atoms with E-state index in [0.29, 0.717) is 6.04 Å². The Morgan fingerprint density at radius 2 is 2.05 bits per heavy atom. The number of ether oxygens (including phenoxy) is 1. The summed E-state index contributed by atoms with van der Waals surface area (Å²) >= 11 is 6.34. The molecule has 2 heterocycles. The maximum absolute atomic E-state index is 9.51. The van der Waals surface area contributed by atoms with E-state index >= 15 is 0 Å². The summed E-state index contributed by atoms with van der Waals surface area (Å²) in [6.45, 7) is 5.74. The molecule has 2 saturated heterocycles. The predicted octanol–water partition coefficient (Wildman–Crippen LogP) is 1.74. The van der Waals surface area contributed by atoms with Crippen molar-refractivity contribution in [1.82, 2.24) is 4.90 Å². The van der Waals surface area contributed by atoms with E-state index in [1.165, 1.54) is 0 Å². The Kier molecular flexibility index (Phi) is 4.46. The topological polar surface area (TPSA) is 35.9 Å². The molecule has 20 heavy (non-hydrogen) atoms. The van der Waals surface area contributed by atoms with Gasteiger partial charge in [0.25, 0.3) is 0 Å². The van der Waals surface area contributed by atoms with Gasteiger partial charge in [-0.05, 0) is 12.5 Å². The maximum Gasteiger partial charge on any atom is 0.0702 e. The van der Waals surface area contributed by atoms with Crippen molar-refractivity contribution in [2.24, 2.45) is 0 Å². The molecule has 3 rings (SSSR count). The maximum atomic E-state index is 9.51. The Morgan fingerprint density at radius 1 is 1.25 bits per heavy atom. The van der Waals surface area contributed by atoms with Gasteiger partial charge in [-0.25, -0.2) is 0 Å². The molecule has 0 saturated carbocycles. The van der Waals surface area contributed by atoms with Crippen molar-refractivity contribution in [3.05, 3.63) is 28.8 Å². The van der Waals surface area contributed by atoms with E-state index in [1.54, 1.807) is 0 Å². The summed E-state index contributed by atoms with van der Waals surface area (Å²) in [5.74, 6) is 0. The number of hydrogen-bond donors (Lipinski definition) is 1. The van der Waals surface area contributed by atoms with E-state index in [1.807, 2.05) is 18.2 Å². The molecule has 2 aliphatic heterocycles. The molecule has 1 aromatic carbocycles. The highest BCUT2D eigenvalue weighted by Crippen LogP contribution is 2.33. The first-order valence-corrected chi connectivity index (χ1v) is 7.62. The number of rotatable bonds is 3. The van der Waals surface area contributed by atoms with Crippen LogP contribution in [0.15, 0.2) is 18.2 Å². The number of aliphatic hydroxyl groups is 1. The van der Waals surface area contributed by atoms with E-state index in [-0.39, 0.29) is 6.61 Å². The molecule has 2 aliphatic rings. The molecule has 1 aromatic rings. The summed E-state index contributed by atoms with van der Waals surface area (Å²) < 4.78 is 5.42. The Morgan fingerprint density at radius 3 is 2.80 bits per heavy atom. The number of nitrogens with zero attached hydrogens (tertiary/aromatic N) is 2. The molecule has 5 heteroatoms. The summed E-state index contributed by atoms with van der Waals surface area (Å²) in [6, 6.07) is 6.32. The predicted molar refractivity (Wildman–Crippen MR) is 80.4 cm³/mol. The molecule has 0 bridgehead atoms. The molecule has 110 valence electrons. The lowest BCUT2D eigenvalue weighted by atomic mass is 10.1. The number of hydrogen-bond acceptors (Lipinski definition) is 4. The fourth-order valence-electron chi connectivity index (χ4n) is 3.23. The molecular weight excluding hydrogens is 276 g/mol. The quantitative estimate of drug-likeness (QED) is 0.922. The normalized spacial score (nSPS) is 24.3. The van der Waals surface area contributed by atoms with Gasteiger partial charge in [0, 0.05) is 37.8 Å². The van der Waals surface area contributed by atoms with Gasteiger partial charge in [0.15, 0.2) is 0 Å². The zero-order valence-corrected chi connectivity index (χ0v) is 12.4. The van der Waals surface area contributed by atoms with Crippen LogP contribution in [0.25, 0.3) is 0 Å². The van der Waals surface area contributed by atoms with Crippen LogP contribution >= 0.6 is 11.6 Å². The highest BCUT2D eigenvalue weighted by Gasteiger charge is 2.30. The van der Waals surface area contributed by atoms with Crippen LogP contribution < -0.4 is 4.90 Å². The van der Waals surface area contributed by atoms with Crippen LogP contribution in [-0.2, 0) is 11.3 Å². The van der Waals surface area contributed by atoms with Crippen molar-refractivity contribution in [3.63, 3.8) is 0 Å². The average molecular weight is 297 g/mol. The number of aliphatic hydroxyl groups excluding tert-OH is 1. The number of para-hydroxylation sites is 1. The second-order valence-electron chi connectivity index (χ2n) is 5.44. The smallest absolute Gasteiger partial charge is 0.0702 e. The van der Waals surface area contributed by atoms with E-state index in [2.05, 4.69) is 9.80 Å². The van der Waals surface area contributed by atoms with Gasteiger partial charge in [0.2, 0.25) is 0 Å². The summed E-state index contributed by atoms with van der Waals surface area (Å²) in [5.41, 5.74) is 1.92. The molecular formula is C15H21ClN2O2. The van der Waals surface area contributed by atoms with Gasteiger partial charge in [-0.3, -0.25) is 4.90 Å². The van der Waals surface area contributed by atoms with Gasteiger partial charge >= 0.3 is 0 Å². The fourth-order valence-corrected chi connectivity index (χ4v) is 3.54. The molecule has 4 nitrogen and oxygen atoms in total. The van der Waals surface area contributed by atoms with Gasteiger partial charge in [-0.2, -0.15) is 0 Å². The number of anilines is 1. The zero-order valence-electron chi connectivity index (χ0n) is 11.6. The third kappa shape index (κ3) is 2.79. The summed E-state index contributed by atoms with van der Waals surface area (Å²) in [6.07, 6.45) is 1.15. The first kappa shape index (κ1) is 14.1. The standard InChI is InChI=1S/C15H21ClN2O2/c16-14-3-1-2-12(11-19)15(14)18-5-4-13(10-18)17-6-8-20-9-7-17/h1-3,13,19H,4-11H2. The third-order valence-corrected chi connectivity index (χ3v) is 4.59. The van der Waals surface area contributed by atoms with Gasteiger partial charge in [0.05, 0.1) is 30.5 Å². The minimum atomic E-state index is 0.0363. The van der Waals surface area contributed by atoms with Crippen LogP contribution in [0.1, 0.15) is 12.0 Å². The van der Waals surface area contributed by atoms with Crippen molar-refractivity contribution in [1.29, 1.82) is 0 Å². The van der Waals surface area contributed by atoms with E-state index in [4.69, 9.17) is 16.3 Å². The van der Waals surface area contributed by atoms with Gasteiger partial charge < -0.3 is 14.7 Å². The highest BCUT2D eigenvalue weighted by atomic mass is 35.5. The third-order valence-electron chi connectivity index (χ3n) is 4.28. The van der Waals surface area contributed by atoms with Crippen molar-refractivity contribution in [3.8, 4) is 0 Å². The summed E-state index contributed by atoms with van der Waals surface area (Å²) in [7, 11) is 0. The van der Waals surface area contributed by atoms with Crippen LogP contribution in [0.5, 0.6) is 0 Å². The van der Waals surface area contributed by atoms with Gasteiger partial charge in [-0.15, -0.1) is 0 Å². The Hall–Kier alpha value is -0.810. The van der Waals surface area contributed by atoms with Crippen LogP contribution in [0, 0.1) is 0 Å². The summed E-state index contributed by atoms with van der Waals surface area (Å²) in [4.78, 5) is 4.83. The average Bonchev–Trinajstić information content (AvgIpc) is 2.97. The lowest BCUT2D eigenvalue weighted by Crippen LogP contribution is -2.44. The van der Waals surface area contributed by atoms with E-state index in [0.717, 1.165) is 62.1 Å². The minimum absolute atomic E-state index is 0.0363. The first-order chi connectivity index (χ1) is 9.79. The van der Waals surface area contributed by atoms with Crippen LogP contribution in [0.2, 0.25) is 5.02 Å². The Labute approximate surface area is 124 Å². The molecule has 2 fully saturated rings. The summed E-state index contributed by atoms with van der Waals surface area (Å²) in [5, 5.41) is 10.2. The van der Waals surface area contributed by atoms with Crippen LogP contribution in [0.4, 0.5) is 5.69 Å². The van der Waals surface area contributed by atoms with Crippen molar-refractivity contribution >= 4 is 17.3 Å². The van der Waals surface area contributed by atoms with Gasteiger partial charge in [-0.1, -0.05) is 23.7 Å². The van der Waals surface area contributed by atoms with Gasteiger partial charge in [0.1, 0.15) is 0 Å². The molecule has 0 aliphatic carbocycles. The monoisotopic (exact) mass is 296 g/mol. The molecule has 0 aromatic heterocycles. The molecule has 0 amide bonds. The molecule has 1 N–H and O–H groups in total.